The fourth-order valence-corrected chi connectivity index (χ4v) is 3.14. The van der Waals surface area contributed by atoms with Gasteiger partial charge in [0.2, 0.25) is 0 Å². The second-order valence-corrected chi connectivity index (χ2v) is 6.39. The van der Waals surface area contributed by atoms with E-state index in [-0.39, 0.29) is 5.54 Å². The van der Waals surface area contributed by atoms with Gasteiger partial charge in [0.1, 0.15) is 0 Å². The van der Waals surface area contributed by atoms with Crippen LogP contribution in [0.15, 0.2) is 24.3 Å². The summed E-state index contributed by atoms with van der Waals surface area (Å²) in [4.78, 5) is 2.41. The van der Waals surface area contributed by atoms with Gasteiger partial charge in [-0.2, -0.15) is 0 Å². The molecule has 1 unspecified atom stereocenters. The fourth-order valence-electron chi connectivity index (χ4n) is 2.90. The largest absolute Gasteiger partial charge is 0.386 e. The summed E-state index contributed by atoms with van der Waals surface area (Å²) in [6.07, 6.45) is 4.49. The molecule has 1 aromatic rings. The van der Waals surface area contributed by atoms with E-state index in [0.717, 1.165) is 18.7 Å². The Balaban J connectivity index is 2.20. The summed E-state index contributed by atoms with van der Waals surface area (Å²) >= 11 is 6.22. The molecule has 19 heavy (non-hydrogen) atoms. The Bertz CT molecular complexity index is 411. The zero-order valence-corrected chi connectivity index (χ0v) is 12.7. The van der Waals surface area contributed by atoms with E-state index >= 15 is 0 Å². The van der Waals surface area contributed by atoms with Crippen LogP contribution >= 0.6 is 11.6 Å². The number of likely N-dealkylation sites (tertiary alicyclic amines) is 1. The number of hydrogen-bond acceptors (Lipinski definition) is 2. The minimum Gasteiger partial charge on any atom is -0.386 e. The minimum absolute atomic E-state index is 0.282. The highest BCUT2D eigenvalue weighted by Crippen LogP contribution is 2.35. The third kappa shape index (κ3) is 3.31. The van der Waals surface area contributed by atoms with Gasteiger partial charge in [-0.15, -0.1) is 0 Å². The molecular weight excluding hydrogens is 258 g/mol. The van der Waals surface area contributed by atoms with Crippen LogP contribution in [0.3, 0.4) is 0 Å². The van der Waals surface area contributed by atoms with Gasteiger partial charge in [0.05, 0.1) is 6.10 Å². The Kier molecular flexibility index (Phi) is 4.88. The number of nitrogens with zero attached hydrogens (tertiary/aromatic N) is 1. The van der Waals surface area contributed by atoms with Crippen molar-refractivity contribution in [3.8, 4) is 0 Å². The van der Waals surface area contributed by atoms with E-state index < -0.39 is 6.10 Å². The van der Waals surface area contributed by atoms with Gasteiger partial charge >= 0.3 is 0 Å². The highest BCUT2D eigenvalue weighted by atomic mass is 35.5. The molecule has 1 heterocycles. The fraction of sp³-hybridized carbons (Fsp3) is 0.625. The van der Waals surface area contributed by atoms with Crippen molar-refractivity contribution in [2.24, 2.45) is 0 Å². The van der Waals surface area contributed by atoms with E-state index in [4.69, 9.17) is 11.6 Å². The molecule has 1 fully saturated rings. The van der Waals surface area contributed by atoms with Gasteiger partial charge in [0, 0.05) is 16.1 Å². The topological polar surface area (TPSA) is 23.5 Å². The molecule has 3 heteroatoms. The van der Waals surface area contributed by atoms with E-state index in [2.05, 4.69) is 18.7 Å². The van der Waals surface area contributed by atoms with Crippen LogP contribution in [-0.4, -0.2) is 28.6 Å². The monoisotopic (exact) mass is 281 g/mol. The summed E-state index contributed by atoms with van der Waals surface area (Å²) in [7, 11) is 0. The van der Waals surface area contributed by atoms with Crippen LogP contribution in [0.1, 0.15) is 51.2 Å². The van der Waals surface area contributed by atoms with Crippen LogP contribution in [-0.2, 0) is 0 Å². The summed E-state index contributed by atoms with van der Waals surface area (Å²) in [5, 5.41) is 11.4. The van der Waals surface area contributed by atoms with Gasteiger partial charge in [-0.05, 0) is 45.8 Å². The van der Waals surface area contributed by atoms with Crippen molar-refractivity contribution in [1.29, 1.82) is 0 Å². The third-order valence-electron chi connectivity index (χ3n) is 4.29. The van der Waals surface area contributed by atoms with Gasteiger partial charge in [0.25, 0.3) is 0 Å². The van der Waals surface area contributed by atoms with Crippen LogP contribution < -0.4 is 0 Å². The van der Waals surface area contributed by atoms with Crippen molar-refractivity contribution in [3.63, 3.8) is 0 Å². The zero-order valence-electron chi connectivity index (χ0n) is 11.9. The number of aliphatic hydroxyl groups is 1. The van der Waals surface area contributed by atoms with Gasteiger partial charge < -0.3 is 5.11 Å². The predicted molar refractivity (Wildman–Crippen MR) is 80.5 cm³/mol. The average Bonchev–Trinajstić information content (AvgIpc) is 2.67. The van der Waals surface area contributed by atoms with Crippen LogP contribution in [0.25, 0.3) is 0 Å². The Morgan fingerprint density at radius 1 is 1.11 bits per heavy atom. The lowest BCUT2D eigenvalue weighted by atomic mass is 9.89. The van der Waals surface area contributed by atoms with Gasteiger partial charge in [-0.1, -0.05) is 42.6 Å². The van der Waals surface area contributed by atoms with Gasteiger partial charge in [0.15, 0.2) is 0 Å². The maximum absolute atomic E-state index is 10.7. The van der Waals surface area contributed by atoms with Crippen molar-refractivity contribution in [2.45, 2.75) is 51.2 Å². The molecule has 0 aliphatic carbocycles. The quantitative estimate of drug-likeness (QED) is 0.904. The van der Waals surface area contributed by atoms with Crippen molar-refractivity contribution >= 4 is 11.6 Å². The first-order valence-electron chi connectivity index (χ1n) is 7.21. The highest BCUT2D eigenvalue weighted by Gasteiger charge is 2.36. The standard InChI is InChI=1S/C16H24ClNO/c1-16(2,18-11-7-3-4-8-12-18)15(19)13-9-5-6-10-14(13)17/h5-6,9-10,15,19H,3-4,7-8,11-12H2,1-2H3. The Morgan fingerprint density at radius 3 is 2.26 bits per heavy atom. The number of hydrogen-bond donors (Lipinski definition) is 1. The minimum atomic E-state index is -0.556. The molecule has 0 radical (unpaired) electrons. The lowest BCUT2D eigenvalue weighted by Crippen LogP contribution is -2.48. The lowest BCUT2D eigenvalue weighted by Gasteiger charge is -2.42. The molecule has 0 bridgehead atoms. The van der Waals surface area contributed by atoms with Crippen molar-refractivity contribution < 1.29 is 5.11 Å². The molecule has 0 aromatic heterocycles. The first-order chi connectivity index (χ1) is 9.03. The van der Waals surface area contributed by atoms with E-state index in [1.807, 2.05) is 24.3 Å². The molecule has 2 nitrogen and oxygen atoms in total. The molecule has 1 atom stereocenters. The number of aliphatic hydroxyl groups excluding tert-OH is 1. The van der Waals surface area contributed by atoms with Crippen molar-refractivity contribution in [3.05, 3.63) is 34.9 Å². The second-order valence-electron chi connectivity index (χ2n) is 5.98. The average molecular weight is 282 g/mol. The predicted octanol–water partition coefficient (Wildman–Crippen LogP) is 4.03. The smallest absolute Gasteiger partial charge is 0.0982 e. The molecule has 0 saturated carbocycles. The molecule has 106 valence electrons. The van der Waals surface area contributed by atoms with E-state index in [1.54, 1.807) is 0 Å². The van der Waals surface area contributed by atoms with Gasteiger partial charge in [-0.3, -0.25) is 4.90 Å². The summed E-state index contributed by atoms with van der Waals surface area (Å²) < 4.78 is 0. The normalized spacial score (nSPS) is 20.0. The maximum atomic E-state index is 10.7. The van der Waals surface area contributed by atoms with Gasteiger partial charge in [-0.25, -0.2) is 0 Å². The summed E-state index contributed by atoms with van der Waals surface area (Å²) in [5.74, 6) is 0. The summed E-state index contributed by atoms with van der Waals surface area (Å²) in [6, 6.07) is 7.60. The molecule has 0 amide bonds. The van der Waals surface area contributed by atoms with Crippen molar-refractivity contribution in [1.82, 2.24) is 4.90 Å². The molecule has 1 aliphatic rings. The SMILES string of the molecule is CC(C)(C(O)c1ccccc1Cl)N1CCCCCC1. The first kappa shape index (κ1) is 14.8. The first-order valence-corrected chi connectivity index (χ1v) is 7.59. The summed E-state index contributed by atoms with van der Waals surface area (Å²) in [5.41, 5.74) is 0.549. The zero-order chi connectivity index (χ0) is 13.9. The highest BCUT2D eigenvalue weighted by molar-refractivity contribution is 6.31. The maximum Gasteiger partial charge on any atom is 0.0982 e. The molecule has 1 saturated heterocycles. The van der Waals surface area contributed by atoms with Crippen LogP contribution in [0.5, 0.6) is 0 Å². The Morgan fingerprint density at radius 2 is 1.68 bits per heavy atom. The van der Waals surface area contributed by atoms with Crippen LogP contribution in [0.2, 0.25) is 5.02 Å². The van der Waals surface area contributed by atoms with Crippen LogP contribution in [0.4, 0.5) is 0 Å². The third-order valence-corrected chi connectivity index (χ3v) is 4.63. The number of benzene rings is 1. The summed E-state index contributed by atoms with van der Waals surface area (Å²) in [6.45, 7) is 6.36. The second kappa shape index (κ2) is 6.25. The van der Waals surface area contributed by atoms with Crippen molar-refractivity contribution in [2.75, 3.05) is 13.1 Å². The van der Waals surface area contributed by atoms with E-state index in [0.29, 0.717) is 5.02 Å². The lowest BCUT2D eigenvalue weighted by molar-refractivity contribution is -0.00995. The van der Waals surface area contributed by atoms with E-state index in [1.165, 1.54) is 25.7 Å². The van der Waals surface area contributed by atoms with E-state index in [9.17, 15) is 5.11 Å². The molecule has 1 N–H and O–H groups in total. The van der Waals surface area contributed by atoms with Crippen LogP contribution in [0, 0.1) is 0 Å². The Labute approximate surface area is 121 Å². The number of halogens is 1. The number of rotatable bonds is 3. The molecule has 1 aromatic carbocycles. The molecule has 1 aliphatic heterocycles. The Hall–Kier alpha value is -0.570. The molecule has 0 spiro atoms. The molecular formula is C16H24ClNO. The molecule has 2 rings (SSSR count).